The average Bonchev–Trinajstić information content (AvgIpc) is 2.97. The third-order valence-electron chi connectivity index (χ3n) is 5.02. The molecule has 2 atom stereocenters. The van der Waals surface area contributed by atoms with Crippen molar-refractivity contribution in [2.45, 2.75) is 44.2 Å². The van der Waals surface area contributed by atoms with E-state index < -0.39 is 0 Å². The lowest BCUT2D eigenvalue weighted by atomic mass is 10.0. The topological polar surface area (TPSA) is 23.6 Å². The van der Waals surface area contributed by atoms with Gasteiger partial charge in [0.25, 0.3) is 0 Å². The molecule has 1 amide bonds. The van der Waals surface area contributed by atoms with Gasteiger partial charge in [-0.2, -0.15) is 0 Å². The maximum absolute atomic E-state index is 11.6. The Morgan fingerprint density at radius 2 is 2.05 bits per heavy atom. The number of carbonyl (C=O) groups excluding carboxylic acids is 1. The standard InChI is InChI=1S/C18H24N2O.H2/c1-3-18(21)19(2)15-9-7-14(8-10-15)17-12-11-16-6-4-5-13-20(16)17;/h3,7-10,16-17H,1,4-6,11-13H2,2H3;1H/t16-,17-;/m1./s1. The Morgan fingerprint density at radius 3 is 2.76 bits per heavy atom. The van der Waals surface area contributed by atoms with E-state index in [1.165, 1.54) is 50.3 Å². The monoisotopic (exact) mass is 286 g/mol. The van der Waals surface area contributed by atoms with Crippen LogP contribution in [0.1, 0.15) is 45.1 Å². The van der Waals surface area contributed by atoms with Gasteiger partial charge < -0.3 is 4.90 Å². The lowest BCUT2D eigenvalue weighted by Gasteiger charge is -2.34. The molecule has 3 rings (SSSR count). The van der Waals surface area contributed by atoms with Gasteiger partial charge in [-0.1, -0.05) is 25.1 Å². The van der Waals surface area contributed by atoms with Gasteiger partial charge in [0.2, 0.25) is 5.91 Å². The minimum Gasteiger partial charge on any atom is -0.312 e. The molecule has 0 saturated carbocycles. The molecule has 2 aliphatic rings. The molecule has 3 nitrogen and oxygen atoms in total. The SMILES string of the molecule is C=CC(=O)N(C)c1ccc([C@H]2CC[C@H]3CCCCN32)cc1.[HH]. The predicted octanol–water partition coefficient (Wildman–Crippen LogP) is 3.77. The summed E-state index contributed by atoms with van der Waals surface area (Å²) in [5.74, 6) is -0.0697. The van der Waals surface area contributed by atoms with E-state index in [0.29, 0.717) is 6.04 Å². The van der Waals surface area contributed by atoms with Gasteiger partial charge in [-0.05, 0) is 56.0 Å². The van der Waals surface area contributed by atoms with E-state index in [2.05, 4.69) is 23.6 Å². The van der Waals surface area contributed by atoms with Gasteiger partial charge >= 0.3 is 0 Å². The molecule has 114 valence electrons. The molecule has 0 bridgehead atoms. The van der Waals surface area contributed by atoms with Crippen LogP contribution in [-0.2, 0) is 4.79 Å². The lowest BCUT2D eigenvalue weighted by molar-refractivity contribution is -0.113. The zero-order valence-corrected chi connectivity index (χ0v) is 12.8. The second-order valence-electron chi connectivity index (χ2n) is 6.17. The Bertz CT molecular complexity index is 528. The first-order chi connectivity index (χ1) is 10.2. The molecule has 2 saturated heterocycles. The molecule has 0 aromatic heterocycles. The van der Waals surface area contributed by atoms with E-state index in [0.717, 1.165) is 11.7 Å². The van der Waals surface area contributed by atoms with Crippen LogP contribution in [0.4, 0.5) is 5.69 Å². The maximum Gasteiger partial charge on any atom is 0.250 e. The number of piperidine rings is 1. The van der Waals surface area contributed by atoms with Gasteiger partial charge in [-0.25, -0.2) is 0 Å². The zero-order chi connectivity index (χ0) is 14.8. The average molecular weight is 286 g/mol. The van der Waals surface area contributed by atoms with Crippen LogP contribution in [0.15, 0.2) is 36.9 Å². The minimum absolute atomic E-state index is 0. The Hall–Kier alpha value is -1.61. The minimum atomic E-state index is -0.0697. The number of benzene rings is 1. The second kappa shape index (κ2) is 6.02. The van der Waals surface area contributed by atoms with E-state index in [-0.39, 0.29) is 7.33 Å². The number of rotatable bonds is 3. The van der Waals surface area contributed by atoms with Crippen molar-refractivity contribution >= 4 is 11.6 Å². The summed E-state index contributed by atoms with van der Waals surface area (Å²) in [6, 6.07) is 9.84. The summed E-state index contributed by atoms with van der Waals surface area (Å²) in [4.78, 5) is 16.0. The predicted molar refractivity (Wildman–Crippen MR) is 88.5 cm³/mol. The molecule has 2 heterocycles. The number of nitrogens with zero attached hydrogens (tertiary/aromatic N) is 2. The van der Waals surface area contributed by atoms with Crippen molar-refractivity contribution in [1.29, 1.82) is 0 Å². The normalized spacial score (nSPS) is 25.4. The molecular weight excluding hydrogens is 260 g/mol. The van der Waals surface area contributed by atoms with Crippen LogP contribution in [0, 0.1) is 0 Å². The number of amides is 1. The van der Waals surface area contributed by atoms with Crippen molar-refractivity contribution < 1.29 is 6.22 Å². The number of anilines is 1. The van der Waals surface area contributed by atoms with Crippen LogP contribution in [0.2, 0.25) is 0 Å². The first-order valence-corrected chi connectivity index (χ1v) is 7.96. The molecule has 0 radical (unpaired) electrons. The van der Waals surface area contributed by atoms with Crippen molar-refractivity contribution in [3.63, 3.8) is 0 Å². The van der Waals surface area contributed by atoms with E-state index in [4.69, 9.17) is 0 Å². The van der Waals surface area contributed by atoms with E-state index >= 15 is 0 Å². The second-order valence-corrected chi connectivity index (χ2v) is 6.17. The fourth-order valence-corrected chi connectivity index (χ4v) is 3.80. The lowest BCUT2D eigenvalue weighted by Crippen LogP contribution is -2.35. The van der Waals surface area contributed by atoms with Gasteiger partial charge in [0.05, 0.1) is 0 Å². The van der Waals surface area contributed by atoms with Gasteiger partial charge in [0.1, 0.15) is 0 Å². The maximum atomic E-state index is 11.6. The molecule has 0 aliphatic carbocycles. The van der Waals surface area contributed by atoms with Gasteiger partial charge in [0.15, 0.2) is 0 Å². The van der Waals surface area contributed by atoms with E-state index in [1.807, 2.05) is 12.1 Å². The summed E-state index contributed by atoms with van der Waals surface area (Å²) in [5.41, 5.74) is 2.32. The summed E-state index contributed by atoms with van der Waals surface area (Å²) in [7, 11) is 1.79. The largest absolute Gasteiger partial charge is 0.312 e. The molecule has 2 aliphatic heterocycles. The van der Waals surface area contributed by atoms with Gasteiger partial charge in [-0.3, -0.25) is 9.69 Å². The molecule has 21 heavy (non-hydrogen) atoms. The number of likely N-dealkylation sites (N-methyl/N-ethyl adjacent to an activating group) is 1. The van der Waals surface area contributed by atoms with Crippen LogP contribution in [0.5, 0.6) is 0 Å². The highest BCUT2D eigenvalue weighted by Gasteiger charge is 2.35. The fourth-order valence-electron chi connectivity index (χ4n) is 3.80. The molecular formula is C18H26N2O. The molecule has 1 aromatic rings. The summed E-state index contributed by atoms with van der Waals surface area (Å²) in [6.07, 6.45) is 8.05. The molecule has 0 N–H and O–H groups in total. The van der Waals surface area contributed by atoms with E-state index in [1.54, 1.807) is 11.9 Å². The first-order valence-electron chi connectivity index (χ1n) is 7.96. The van der Waals surface area contributed by atoms with Gasteiger partial charge in [0, 0.05) is 26.2 Å². The Balaban J connectivity index is 0.00000176. The van der Waals surface area contributed by atoms with Crippen molar-refractivity contribution in [2.24, 2.45) is 0 Å². The summed E-state index contributed by atoms with van der Waals surface area (Å²) < 4.78 is 0. The smallest absolute Gasteiger partial charge is 0.250 e. The van der Waals surface area contributed by atoms with Crippen molar-refractivity contribution in [1.82, 2.24) is 4.90 Å². The van der Waals surface area contributed by atoms with Crippen molar-refractivity contribution in [3.05, 3.63) is 42.5 Å². The third kappa shape index (κ3) is 2.75. The van der Waals surface area contributed by atoms with Crippen LogP contribution >= 0.6 is 0 Å². The Kier molecular flexibility index (Phi) is 4.11. The number of carbonyl (C=O) groups is 1. The summed E-state index contributed by atoms with van der Waals surface area (Å²) in [5, 5.41) is 0. The highest BCUT2D eigenvalue weighted by atomic mass is 16.2. The zero-order valence-electron chi connectivity index (χ0n) is 12.8. The third-order valence-corrected chi connectivity index (χ3v) is 5.02. The fraction of sp³-hybridized carbons (Fsp3) is 0.500. The van der Waals surface area contributed by atoms with Crippen LogP contribution < -0.4 is 4.90 Å². The molecule has 2 fully saturated rings. The highest BCUT2D eigenvalue weighted by Crippen LogP contribution is 2.40. The van der Waals surface area contributed by atoms with Crippen LogP contribution in [-0.4, -0.2) is 30.4 Å². The van der Waals surface area contributed by atoms with E-state index in [9.17, 15) is 4.79 Å². The van der Waals surface area contributed by atoms with Crippen LogP contribution in [0.3, 0.4) is 0 Å². The quantitative estimate of drug-likeness (QED) is 0.790. The van der Waals surface area contributed by atoms with Crippen molar-refractivity contribution in [2.75, 3.05) is 18.5 Å². The molecule has 0 spiro atoms. The highest BCUT2D eigenvalue weighted by molar-refractivity contribution is 6.00. The molecule has 0 unspecified atom stereocenters. The molecule has 1 aromatic carbocycles. The van der Waals surface area contributed by atoms with Crippen LogP contribution in [0.25, 0.3) is 0 Å². The Morgan fingerprint density at radius 1 is 1.29 bits per heavy atom. The summed E-state index contributed by atoms with van der Waals surface area (Å²) >= 11 is 0. The Labute approximate surface area is 128 Å². The number of fused-ring (bicyclic) bond motifs is 1. The van der Waals surface area contributed by atoms with Crippen molar-refractivity contribution in [3.8, 4) is 0 Å². The van der Waals surface area contributed by atoms with Gasteiger partial charge in [-0.15, -0.1) is 0 Å². The number of hydrogen-bond acceptors (Lipinski definition) is 2. The first kappa shape index (κ1) is 14.3. The molecule has 3 heteroatoms. The summed E-state index contributed by atoms with van der Waals surface area (Å²) in [6.45, 7) is 4.78. The number of hydrogen-bond donors (Lipinski definition) is 0.